The Labute approximate surface area is 207 Å². The van der Waals surface area contributed by atoms with Crippen molar-refractivity contribution in [2.45, 2.75) is 71.3 Å². The van der Waals surface area contributed by atoms with Crippen LogP contribution in [0.15, 0.2) is 59.2 Å². The monoisotopic (exact) mass is 457 g/mol. The van der Waals surface area contributed by atoms with E-state index in [0.717, 1.165) is 38.8 Å². The molecule has 2 atom stereocenters. The van der Waals surface area contributed by atoms with Gasteiger partial charge in [-0.05, 0) is 93.1 Å². The summed E-state index contributed by atoms with van der Waals surface area (Å²) >= 11 is 0. The lowest BCUT2D eigenvalue weighted by atomic mass is 9.77. The van der Waals surface area contributed by atoms with Crippen molar-refractivity contribution in [1.82, 2.24) is 9.91 Å². The lowest BCUT2D eigenvalue weighted by Gasteiger charge is -2.31. The van der Waals surface area contributed by atoms with Crippen LogP contribution in [-0.4, -0.2) is 42.8 Å². The Balaban J connectivity index is 1.60. The highest BCUT2D eigenvalue weighted by Gasteiger charge is 2.40. The smallest absolute Gasteiger partial charge is 0.0804 e. The highest BCUT2D eigenvalue weighted by atomic mass is 15.5. The maximum atomic E-state index is 5.31. The van der Waals surface area contributed by atoms with E-state index in [1.807, 2.05) is 0 Å². The van der Waals surface area contributed by atoms with Gasteiger partial charge in [0.1, 0.15) is 0 Å². The number of hydrogen-bond donors (Lipinski definition) is 0. The lowest BCUT2D eigenvalue weighted by Crippen LogP contribution is -2.29. The van der Waals surface area contributed by atoms with Gasteiger partial charge < -0.3 is 4.90 Å². The second kappa shape index (κ2) is 11.8. The fraction of sp³-hybridized carbons (Fsp3) is 0.516. The second-order valence-electron chi connectivity index (χ2n) is 10.4. The van der Waals surface area contributed by atoms with Gasteiger partial charge in [-0.15, -0.1) is 0 Å². The third-order valence-electron chi connectivity index (χ3n) is 7.29. The van der Waals surface area contributed by atoms with Crippen molar-refractivity contribution >= 4 is 11.8 Å². The highest BCUT2D eigenvalue weighted by molar-refractivity contribution is 6.07. The topological polar surface area (TPSA) is 18.8 Å². The molecule has 34 heavy (non-hydrogen) atoms. The summed E-state index contributed by atoms with van der Waals surface area (Å²) in [5, 5.41) is 7.73. The molecule has 3 nitrogen and oxygen atoms in total. The van der Waals surface area contributed by atoms with E-state index in [0.29, 0.717) is 12.0 Å². The van der Waals surface area contributed by atoms with Gasteiger partial charge in [0.15, 0.2) is 0 Å². The van der Waals surface area contributed by atoms with Crippen molar-refractivity contribution < 1.29 is 0 Å². The predicted molar refractivity (Wildman–Crippen MR) is 146 cm³/mol. The van der Waals surface area contributed by atoms with Crippen LogP contribution < -0.4 is 0 Å². The van der Waals surface area contributed by atoms with Crippen LogP contribution in [0.25, 0.3) is 6.08 Å². The quantitative estimate of drug-likeness (QED) is 0.377. The maximum absolute atomic E-state index is 5.31. The van der Waals surface area contributed by atoms with E-state index < -0.39 is 0 Å². The van der Waals surface area contributed by atoms with Crippen molar-refractivity contribution in [3.05, 3.63) is 76.4 Å². The van der Waals surface area contributed by atoms with Crippen LogP contribution in [0.3, 0.4) is 0 Å². The van der Waals surface area contributed by atoms with Crippen molar-refractivity contribution in [2.75, 3.05) is 27.2 Å². The molecule has 0 spiro atoms. The fourth-order valence-electron chi connectivity index (χ4n) is 5.60. The molecule has 3 heteroatoms. The standard InChI is InChI=1S/C31H43N3/c1-5-9-24-13-15-26(16-14-24)23-28-11-7-12-29-30(28)32-34(22-8-21-33(3)4)31(29)27-19-17-25(10-6-2)18-20-27/h13-20,23,29,31H,5-12,21-22H2,1-4H3. The van der Waals surface area contributed by atoms with E-state index in [-0.39, 0.29) is 0 Å². The summed E-state index contributed by atoms with van der Waals surface area (Å²) in [5.41, 5.74) is 8.41. The minimum Gasteiger partial charge on any atom is -0.309 e. The Morgan fingerprint density at radius 2 is 1.59 bits per heavy atom. The van der Waals surface area contributed by atoms with E-state index >= 15 is 0 Å². The minimum absolute atomic E-state index is 0.364. The molecule has 1 saturated carbocycles. The fourth-order valence-corrected chi connectivity index (χ4v) is 5.60. The van der Waals surface area contributed by atoms with Crippen LogP contribution in [0.5, 0.6) is 0 Å². The summed E-state index contributed by atoms with van der Waals surface area (Å²) < 4.78 is 0. The van der Waals surface area contributed by atoms with Crippen LogP contribution in [0, 0.1) is 5.92 Å². The Morgan fingerprint density at radius 1 is 0.941 bits per heavy atom. The molecule has 0 aromatic heterocycles. The summed E-state index contributed by atoms with van der Waals surface area (Å²) in [6.07, 6.45) is 11.9. The number of rotatable bonds is 10. The first-order valence-corrected chi connectivity index (χ1v) is 13.5. The molecule has 182 valence electrons. The third kappa shape index (κ3) is 5.99. The van der Waals surface area contributed by atoms with E-state index in [1.165, 1.54) is 59.2 Å². The lowest BCUT2D eigenvalue weighted by molar-refractivity contribution is 0.187. The Morgan fingerprint density at radius 3 is 2.21 bits per heavy atom. The van der Waals surface area contributed by atoms with Crippen molar-refractivity contribution in [3.63, 3.8) is 0 Å². The Bertz CT molecular complexity index is 969. The Kier molecular flexibility index (Phi) is 8.61. The zero-order chi connectivity index (χ0) is 23.9. The number of fused-ring (bicyclic) bond motifs is 1. The van der Waals surface area contributed by atoms with Crippen LogP contribution in [0.2, 0.25) is 0 Å². The summed E-state index contributed by atoms with van der Waals surface area (Å²) in [7, 11) is 4.32. The molecule has 2 aromatic rings. The van der Waals surface area contributed by atoms with E-state index in [1.54, 1.807) is 0 Å². The number of benzene rings is 2. The number of aryl methyl sites for hydroxylation is 2. The molecule has 1 fully saturated rings. The first-order valence-electron chi connectivity index (χ1n) is 13.5. The van der Waals surface area contributed by atoms with Crippen molar-refractivity contribution in [1.29, 1.82) is 0 Å². The molecule has 2 aliphatic rings. The average Bonchev–Trinajstić information content (AvgIpc) is 3.20. The third-order valence-corrected chi connectivity index (χ3v) is 7.29. The summed E-state index contributed by atoms with van der Waals surface area (Å²) in [6, 6.07) is 18.9. The molecule has 0 bridgehead atoms. The van der Waals surface area contributed by atoms with Gasteiger partial charge in [0.05, 0.1) is 11.8 Å². The number of hydrazone groups is 1. The SMILES string of the molecule is CCCc1ccc(C=C2CCCC3C2=NN(CCCN(C)C)C3c2ccc(CCC)cc2)cc1. The normalized spacial score (nSPS) is 21.3. The van der Waals surface area contributed by atoms with Gasteiger partial charge in [0, 0.05) is 12.5 Å². The van der Waals surface area contributed by atoms with Gasteiger partial charge in [-0.3, -0.25) is 5.01 Å². The largest absolute Gasteiger partial charge is 0.309 e. The minimum atomic E-state index is 0.364. The molecule has 0 N–H and O–H groups in total. The molecule has 2 aromatic carbocycles. The first kappa shape index (κ1) is 24.7. The second-order valence-corrected chi connectivity index (χ2v) is 10.4. The Hall–Kier alpha value is -2.39. The molecule has 4 rings (SSSR count). The summed E-state index contributed by atoms with van der Waals surface area (Å²) in [6.45, 7) is 6.61. The van der Waals surface area contributed by atoms with Gasteiger partial charge in [0.25, 0.3) is 0 Å². The van der Waals surface area contributed by atoms with Gasteiger partial charge in [0.2, 0.25) is 0 Å². The average molecular weight is 458 g/mol. The van der Waals surface area contributed by atoms with Gasteiger partial charge in [-0.25, -0.2) is 0 Å². The van der Waals surface area contributed by atoms with E-state index in [2.05, 4.69) is 92.5 Å². The molecule has 1 heterocycles. The summed E-state index contributed by atoms with van der Waals surface area (Å²) in [4.78, 5) is 2.28. The van der Waals surface area contributed by atoms with Gasteiger partial charge in [-0.2, -0.15) is 5.10 Å². The molecular formula is C31H43N3. The molecule has 2 unspecified atom stereocenters. The molecule has 1 aliphatic heterocycles. The van der Waals surface area contributed by atoms with Crippen molar-refractivity contribution in [2.24, 2.45) is 11.0 Å². The molecule has 0 amide bonds. The number of allylic oxidation sites excluding steroid dienone is 1. The van der Waals surface area contributed by atoms with E-state index in [9.17, 15) is 0 Å². The number of nitrogens with zero attached hydrogens (tertiary/aromatic N) is 3. The van der Waals surface area contributed by atoms with Crippen LogP contribution in [0.4, 0.5) is 0 Å². The maximum Gasteiger partial charge on any atom is 0.0804 e. The number of hydrogen-bond acceptors (Lipinski definition) is 3. The molecule has 0 radical (unpaired) electrons. The first-order chi connectivity index (χ1) is 16.6. The van der Waals surface area contributed by atoms with Crippen LogP contribution in [0.1, 0.15) is 80.7 Å². The van der Waals surface area contributed by atoms with Crippen LogP contribution >= 0.6 is 0 Å². The van der Waals surface area contributed by atoms with Crippen LogP contribution in [-0.2, 0) is 12.8 Å². The van der Waals surface area contributed by atoms with Gasteiger partial charge >= 0.3 is 0 Å². The van der Waals surface area contributed by atoms with Gasteiger partial charge in [-0.1, -0.05) is 75.2 Å². The highest BCUT2D eigenvalue weighted by Crippen LogP contribution is 2.44. The van der Waals surface area contributed by atoms with E-state index in [4.69, 9.17) is 5.10 Å². The predicted octanol–water partition coefficient (Wildman–Crippen LogP) is 7.14. The molecule has 1 aliphatic carbocycles. The molecule has 0 saturated heterocycles. The zero-order valence-electron chi connectivity index (χ0n) is 21.8. The molecular weight excluding hydrogens is 414 g/mol. The van der Waals surface area contributed by atoms with Crippen molar-refractivity contribution in [3.8, 4) is 0 Å². The summed E-state index contributed by atoms with van der Waals surface area (Å²) in [5.74, 6) is 0.496. The zero-order valence-corrected chi connectivity index (χ0v) is 21.8.